The maximum atomic E-state index is 13.2. The molecule has 1 aliphatic heterocycles. The average Bonchev–Trinajstić information content (AvgIpc) is 2.79. The fourth-order valence-corrected chi connectivity index (χ4v) is 4.63. The molecule has 0 bridgehead atoms. The molecule has 2 amide bonds. The van der Waals surface area contributed by atoms with Gasteiger partial charge in [0.1, 0.15) is 0 Å². The topological polar surface area (TPSA) is 52.7 Å². The molecule has 0 spiro atoms. The van der Waals surface area contributed by atoms with E-state index in [9.17, 15) is 9.59 Å². The molecule has 0 unspecified atom stereocenters. The zero-order valence-corrected chi connectivity index (χ0v) is 19.5. The van der Waals surface area contributed by atoms with Gasteiger partial charge in [-0.1, -0.05) is 58.7 Å². The summed E-state index contributed by atoms with van der Waals surface area (Å²) in [5.41, 5.74) is 2.17. The van der Waals surface area contributed by atoms with Crippen molar-refractivity contribution in [3.63, 3.8) is 0 Å². The van der Waals surface area contributed by atoms with Crippen LogP contribution in [0, 0.1) is 0 Å². The van der Waals surface area contributed by atoms with Gasteiger partial charge in [-0.2, -0.15) is 0 Å². The van der Waals surface area contributed by atoms with Gasteiger partial charge >= 0.3 is 0 Å². The van der Waals surface area contributed by atoms with E-state index in [1.54, 1.807) is 6.07 Å². The number of amides is 2. The molecule has 3 aromatic rings. The Morgan fingerprint density at radius 2 is 1.71 bits per heavy atom. The summed E-state index contributed by atoms with van der Waals surface area (Å²) in [5, 5.41) is 5.48. The molecule has 0 aromatic heterocycles. The van der Waals surface area contributed by atoms with Gasteiger partial charge in [-0.3, -0.25) is 9.59 Å². The fourth-order valence-electron chi connectivity index (χ4n) is 3.96. The van der Waals surface area contributed by atoms with Crippen molar-refractivity contribution in [3.05, 3.63) is 69.7 Å². The van der Waals surface area contributed by atoms with Crippen molar-refractivity contribution in [1.82, 2.24) is 4.90 Å². The molecular weight excluding hydrogens is 478 g/mol. The molecule has 0 atom stereocenters. The van der Waals surface area contributed by atoms with E-state index in [4.69, 9.17) is 11.6 Å². The maximum absolute atomic E-state index is 13.2. The van der Waals surface area contributed by atoms with Gasteiger partial charge in [-0.25, -0.2) is 0 Å². The van der Waals surface area contributed by atoms with Crippen LogP contribution in [0.1, 0.15) is 23.7 Å². The summed E-state index contributed by atoms with van der Waals surface area (Å²) in [6.07, 6.45) is 0.517. The number of benzene rings is 3. The lowest BCUT2D eigenvalue weighted by molar-refractivity contribution is -0.131. The number of anilines is 2. The zero-order valence-electron chi connectivity index (χ0n) is 17.2. The number of nitrogens with one attached hydrogen (secondary N) is 1. The largest absolute Gasteiger partial charge is 0.366 e. The van der Waals surface area contributed by atoms with Crippen LogP contribution in [0.25, 0.3) is 10.8 Å². The Morgan fingerprint density at radius 3 is 2.45 bits per heavy atom. The van der Waals surface area contributed by atoms with E-state index in [-0.39, 0.29) is 11.8 Å². The highest BCUT2D eigenvalue weighted by Crippen LogP contribution is 2.32. The highest BCUT2D eigenvalue weighted by Gasteiger charge is 2.23. The summed E-state index contributed by atoms with van der Waals surface area (Å²) in [5.74, 6) is -0.0154. The second-order valence-electron chi connectivity index (χ2n) is 7.48. The lowest BCUT2D eigenvalue weighted by atomic mass is 10.0. The first kappa shape index (κ1) is 21.7. The van der Waals surface area contributed by atoms with Crippen LogP contribution in [-0.2, 0) is 4.79 Å². The number of nitrogens with zero attached hydrogens (tertiary/aromatic N) is 2. The van der Waals surface area contributed by atoms with Crippen molar-refractivity contribution >= 4 is 61.5 Å². The zero-order chi connectivity index (χ0) is 22.0. The Hall–Kier alpha value is -2.57. The monoisotopic (exact) mass is 499 g/mol. The van der Waals surface area contributed by atoms with E-state index < -0.39 is 0 Å². The Morgan fingerprint density at radius 1 is 1.00 bits per heavy atom. The molecule has 4 rings (SSSR count). The van der Waals surface area contributed by atoms with Crippen LogP contribution in [0.5, 0.6) is 0 Å². The minimum atomic E-state index is -0.188. The van der Waals surface area contributed by atoms with Crippen LogP contribution in [0.15, 0.2) is 59.1 Å². The Bertz CT molecular complexity index is 1140. The molecule has 3 aromatic carbocycles. The van der Waals surface area contributed by atoms with Crippen LogP contribution in [0.3, 0.4) is 0 Å². The van der Waals surface area contributed by atoms with E-state index in [2.05, 4.69) is 26.1 Å². The molecule has 1 saturated heterocycles. The van der Waals surface area contributed by atoms with Crippen LogP contribution in [0.2, 0.25) is 5.02 Å². The highest BCUT2D eigenvalue weighted by atomic mass is 79.9. The first-order chi connectivity index (χ1) is 15.0. The lowest BCUT2D eigenvalue weighted by Gasteiger charge is -2.37. The Balaban J connectivity index is 1.60. The first-order valence-corrected chi connectivity index (χ1v) is 11.5. The minimum absolute atomic E-state index is 0.173. The van der Waals surface area contributed by atoms with E-state index in [1.165, 1.54) is 0 Å². The van der Waals surface area contributed by atoms with Crippen LogP contribution in [-0.4, -0.2) is 42.9 Å². The van der Waals surface area contributed by atoms with Gasteiger partial charge in [0, 0.05) is 47.7 Å². The minimum Gasteiger partial charge on any atom is -0.366 e. The van der Waals surface area contributed by atoms with Gasteiger partial charge in [0.15, 0.2) is 0 Å². The van der Waals surface area contributed by atoms with Crippen molar-refractivity contribution < 1.29 is 9.59 Å². The summed E-state index contributed by atoms with van der Waals surface area (Å²) in [7, 11) is 0. The van der Waals surface area contributed by atoms with Gasteiger partial charge in [-0.05, 0) is 41.1 Å². The Kier molecular flexibility index (Phi) is 6.49. The van der Waals surface area contributed by atoms with Gasteiger partial charge in [-0.15, -0.1) is 0 Å². The van der Waals surface area contributed by atoms with E-state index in [0.29, 0.717) is 48.9 Å². The third kappa shape index (κ3) is 4.55. The molecular formula is C24H23BrClN3O2. The van der Waals surface area contributed by atoms with Crippen molar-refractivity contribution in [3.8, 4) is 0 Å². The number of rotatable bonds is 4. The second kappa shape index (κ2) is 9.28. The summed E-state index contributed by atoms with van der Waals surface area (Å²) < 4.78 is 0.947. The van der Waals surface area contributed by atoms with Crippen molar-refractivity contribution in [2.24, 2.45) is 0 Å². The van der Waals surface area contributed by atoms with Crippen molar-refractivity contribution in [1.29, 1.82) is 0 Å². The molecule has 1 N–H and O–H groups in total. The number of halogens is 2. The fraction of sp³-hybridized carbons (Fsp3) is 0.250. The molecule has 160 valence electrons. The van der Waals surface area contributed by atoms with Gasteiger partial charge < -0.3 is 15.1 Å². The summed E-state index contributed by atoms with van der Waals surface area (Å²) in [4.78, 5) is 29.3. The molecule has 0 radical (unpaired) electrons. The van der Waals surface area contributed by atoms with E-state index in [0.717, 1.165) is 20.9 Å². The lowest BCUT2D eigenvalue weighted by Crippen LogP contribution is -2.48. The predicted octanol–water partition coefficient (Wildman–Crippen LogP) is 5.57. The number of piperazine rings is 1. The normalized spacial score (nSPS) is 14.0. The molecule has 5 nitrogen and oxygen atoms in total. The van der Waals surface area contributed by atoms with Crippen LogP contribution >= 0.6 is 27.5 Å². The van der Waals surface area contributed by atoms with Gasteiger partial charge in [0.25, 0.3) is 5.91 Å². The van der Waals surface area contributed by atoms with E-state index in [1.807, 2.05) is 60.4 Å². The maximum Gasteiger partial charge on any atom is 0.256 e. The SMILES string of the molecule is CCC(=O)N1CCN(c2ccc(Cl)cc2NC(=O)c2cccc3c(Br)cccc23)CC1. The van der Waals surface area contributed by atoms with Crippen molar-refractivity contribution in [2.45, 2.75) is 13.3 Å². The number of hydrogen-bond donors (Lipinski definition) is 1. The summed E-state index contributed by atoms with van der Waals surface area (Å²) >= 11 is 9.81. The summed E-state index contributed by atoms with van der Waals surface area (Å²) in [6, 6.07) is 17.0. The molecule has 31 heavy (non-hydrogen) atoms. The summed E-state index contributed by atoms with van der Waals surface area (Å²) in [6.45, 7) is 4.63. The smallest absolute Gasteiger partial charge is 0.256 e. The van der Waals surface area contributed by atoms with Gasteiger partial charge in [0.05, 0.1) is 11.4 Å². The molecule has 1 heterocycles. The molecule has 1 fully saturated rings. The second-order valence-corrected chi connectivity index (χ2v) is 8.77. The highest BCUT2D eigenvalue weighted by molar-refractivity contribution is 9.10. The van der Waals surface area contributed by atoms with Crippen molar-refractivity contribution in [2.75, 3.05) is 36.4 Å². The molecule has 0 aliphatic carbocycles. The number of carbonyl (C=O) groups is 2. The Labute approximate surface area is 195 Å². The predicted molar refractivity (Wildman–Crippen MR) is 130 cm³/mol. The number of hydrogen-bond acceptors (Lipinski definition) is 3. The van der Waals surface area contributed by atoms with Gasteiger partial charge in [0.2, 0.25) is 5.91 Å². The van der Waals surface area contributed by atoms with E-state index >= 15 is 0 Å². The number of carbonyl (C=O) groups excluding carboxylic acids is 2. The third-order valence-electron chi connectivity index (χ3n) is 5.60. The average molecular weight is 501 g/mol. The molecule has 0 saturated carbocycles. The third-order valence-corrected chi connectivity index (χ3v) is 6.52. The molecule has 1 aliphatic rings. The number of fused-ring (bicyclic) bond motifs is 1. The molecule has 7 heteroatoms. The quantitative estimate of drug-likeness (QED) is 0.510. The van der Waals surface area contributed by atoms with Crippen LogP contribution < -0.4 is 10.2 Å². The van der Waals surface area contributed by atoms with Crippen LogP contribution in [0.4, 0.5) is 11.4 Å². The first-order valence-electron chi connectivity index (χ1n) is 10.3. The standard InChI is InChI=1S/C24H23BrClN3O2/c1-2-23(30)29-13-11-28(12-14-29)22-10-9-16(26)15-21(22)27-24(31)19-7-3-6-18-17(19)5-4-8-20(18)25/h3-10,15H,2,11-14H2,1H3,(H,27,31).